The highest BCUT2D eigenvalue weighted by atomic mass is 15.1. The minimum Gasteiger partial charge on any atom is -0.326 e. The molecule has 0 bridgehead atoms. The highest BCUT2D eigenvalue weighted by molar-refractivity contribution is 5.60. The predicted octanol–water partition coefficient (Wildman–Crippen LogP) is 1.81. The van der Waals surface area contributed by atoms with Crippen LogP contribution in [0.3, 0.4) is 0 Å². The van der Waals surface area contributed by atoms with Gasteiger partial charge in [0.05, 0.1) is 5.69 Å². The minimum atomic E-state index is 0.522. The first-order valence-electron chi connectivity index (χ1n) is 5.58. The Hall–Kier alpha value is -1.68. The van der Waals surface area contributed by atoms with E-state index in [1.807, 2.05) is 18.2 Å². The van der Waals surface area contributed by atoms with Crippen LogP contribution in [0.1, 0.15) is 30.0 Å². The summed E-state index contributed by atoms with van der Waals surface area (Å²) in [5, 5.41) is 7.47. The van der Waals surface area contributed by atoms with Crippen molar-refractivity contribution in [3.8, 4) is 11.4 Å². The number of nitrogens with two attached hydrogens (primary N) is 1. The van der Waals surface area contributed by atoms with Gasteiger partial charge in [0.1, 0.15) is 5.69 Å². The van der Waals surface area contributed by atoms with Gasteiger partial charge < -0.3 is 5.73 Å². The summed E-state index contributed by atoms with van der Waals surface area (Å²) in [6.07, 6.45) is 4.27. The summed E-state index contributed by atoms with van der Waals surface area (Å²) in [6, 6.07) is 5.83. The Bertz CT molecular complexity index is 485. The van der Waals surface area contributed by atoms with Crippen LogP contribution in [0.4, 0.5) is 0 Å². The number of nitrogens with zero attached hydrogens (tertiary/aromatic N) is 2. The molecule has 0 unspecified atom stereocenters. The number of aromatic nitrogens is 3. The zero-order chi connectivity index (χ0) is 11.0. The summed E-state index contributed by atoms with van der Waals surface area (Å²) in [7, 11) is 0. The number of hydrogen-bond acceptors (Lipinski definition) is 3. The fourth-order valence-electron chi connectivity index (χ4n) is 2.01. The van der Waals surface area contributed by atoms with Crippen molar-refractivity contribution in [2.75, 3.05) is 0 Å². The molecule has 0 amide bonds. The van der Waals surface area contributed by atoms with Crippen molar-refractivity contribution in [2.24, 2.45) is 5.73 Å². The zero-order valence-electron chi connectivity index (χ0n) is 8.98. The smallest absolute Gasteiger partial charge is 0.115 e. The Morgan fingerprint density at radius 1 is 1.38 bits per heavy atom. The lowest BCUT2D eigenvalue weighted by Crippen LogP contribution is -2.00. The summed E-state index contributed by atoms with van der Waals surface area (Å²) in [4.78, 5) is 4.31. The molecule has 3 N–H and O–H groups in total. The van der Waals surface area contributed by atoms with E-state index in [2.05, 4.69) is 15.2 Å². The normalized spacial score (nSPS) is 15.3. The van der Waals surface area contributed by atoms with E-state index in [0.29, 0.717) is 12.5 Å². The van der Waals surface area contributed by atoms with E-state index in [0.717, 1.165) is 17.0 Å². The third-order valence-electron chi connectivity index (χ3n) is 3.00. The molecule has 0 atom stereocenters. The van der Waals surface area contributed by atoms with Crippen LogP contribution in [0.2, 0.25) is 0 Å². The number of aromatic amines is 1. The van der Waals surface area contributed by atoms with Crippen molar-refractivity contribution < 1.29 is 0 Å². The molecule has 4 nitrogen and oxygen atoms in total. The molecule has 16 heavy (non-hydrogen) atoms. The van der Waals surface area contributed by atoms with Crippen molar-refractivity contribution >= 4 is 0 Å². The molecule has 0 aromatic carbocycles. The second kappa shape index (κ2) is 3.72. The van der Waals surface area contributed by atoms with Crippen molar-refractivity contribution in [3.05, 3.63) is 35.7 Å². The van der Waals surface area contributed by atoms with Gasteiger partial charge in [-0.1, -0.05) is 6.07 Å². The Labute approximate surface area is 93.9 Å². The van der Waals surface area contributed by atoms with Gasteiger partial charge in [0.2, 0.25) is 0 Å². The summed E-state index contributed by atoms with van der Waals surface area (Å²) in [5.41, 5.74) is 9.95. The molecular formula is C12H14N4. The molecular weight excluding hydrogens is 200 g/mol. The van der Waals surface area contributed by atoms with Gasteiger partial charge in [-0.25, -0.2) is 0 Å². The first kappa shape index (κ1) is 9.54. The number of rotatable bonds is 3. The zero-order valence-corrected chi connectivity index (χ0v) is 8.98. The molecule has 1 saturated carbocycles. The van der Waals surface area contributed by atoms with Crippen LogP contribution in [0.15, 0.2) is 24.4 Å². The first-order chi connectivity index (χ1) is 7.90. The van der Waals surface area contributed by atoms with Crippen molar-refractivity contribution in [1.82, 2.24) is 15.2 Å². The summed E-state index contributed by atoms with van der Waals surface area (Å²) in [6.45, 7) is 0.522. The van der Waals surface area contributed by atoms with Gasteiger partial charge in [-0.3, -0.25) is 10.1 Å². The molecule has 1 aliphatic carbocycles. The largest absolute Gasteiger partial charge is 0.326 e. The molecule has 0 spiro atoms. The van der Waals surface area contributed by atoms with Gasteiger partial charge >= 0.3 is 0 Å². The van der Waals surface area contributed by atoms with Crippen molar-refractivity contribution in [2.45, 2.75) is 25.3 Å². The third-order valence-corrected chi connectivity index (χ3v) is 3.00. The quantitative estimate of drug-likeness (QED) is 0.818. The van der Waals surface area contributed by atoms with Gasteiger partial charge in [-0.2, -0.15) is 5.10 Å². The van der Waals surface area contributed by atoms with Crippen molar-refractivity contribution in [1.29, 1.82) is 0 Å². The maximum absolute atomic E-state index is 5.81. The number of pyridine rings is 1. The topological polar surface area (TPSA) is 67.6 Å². The van der Waals surface area contributed by atoms with E-state index in [1.54, 1.807) is 6.20 Å². The van der Waals surface area contributed by atoms with Crippen LogP contribution in [-0.4, -0.2) is 15.2 Å². The molecule has 1 fully saturated rings. The maximum Gasteiger partial charge on any atom is 0.115 e. The highest BCUT2D eigenvalue weighted by Crippen LogP contribution is 2.42. The lowest BCUT2D eigenvalue weighted by Gasteiger charge is -2.01. The van der Waals surface area contributed by atoms with Gasteiger partial charge in [0, 0.05) is 29.9 Å². The van der Waals surface area contributed by atoms with Crippen molar-refractivity contribution in [3.63, 3.8) is 0 Å². The Balaban J connectivity index is 2.07. The molecule has 0 saturated heterocycles. The van der Waals surface area contributed by atoms with Crippen LogP contribution < -0.4 is 5.73 Å². The van der Waals surface area contributed by atoms with Crippen LogP contribution >= 0.6 is 0 Å². The van der Waals surface area contributed by atoms with Gasteiger partial charge in [0.25, 0.3) is 0 Å². The summed E-state index contributed by atoms with van der Waals surface area (Å²) < 4.78 is 0. The maximum atomic E-state index is 5.81. The van der Waals surface area contributed by atoms with E-state index in [-0.39, 0.29) is 0 Å². The van der Waals surface area contributed by atoms with E-state index < -0.39 is 0 Å². The summed E-state index contributed by atoms with van der Waals surface area (Å²) in [5.74, 6) is 0.642. The Morgan fingerprint density at radius 2 is 2.25 bits per heavy atom. The molecule has 0 radical (unpaired) electrons. The molecule has 2 heterocycles. The number of nitrogens with one attached hydrogen (secondary N) is 1. The first-order valence-corrected chi connectivity index (χ1v) is 5.58. The number of hydrogen-bond donors (Lipinski definition) is 2. The van der Waals surface area contributed by atoms with Gasteiger partial charge in [-0.05, 0) is 25.0 Å². The molecule has 82 valence electrons. The van der Waals surface area contributed by atoms with Crippen LogP contribution in [0.25, 0.3) is 11.4 Å². The minimum absolute atomic E-state index is 0.522. The van der Waals surface area contributed by atoms with E-state index in [9.17, 15) is 0 Å². The lowest BCUT2D eigenvalue weighted by atomic mass is 10.1. The van der Waals surface area contributed by atoms with E-state index >= 15 is 0 Å². The van der Waals surface area contributed by atoms with E-state index in [4.69, 9.17) is 5.73 Å². The molecule has 2 aromatic rings. The Kier molecular flexibility index (Phi) is 2.22. The fraction of sp³-hybridized carbons (Fsp3) is 0.333. The second-order valence-electron chi connectivity index (χ2n) is 4.16. The molecule has 0 aliphatic heterocycles. The average molecular weight is 214 g/mol. The summed E-state index contributed by atoms with van der Waals surface area (Å²) >= 11 is 0. The van der Waals surface area contributed by atoms with E-state index in [1.165, 1.54) is 18.5 Å². The monoisotopic (exact) mass is 214 g/mol. The number of H-pyrrole nitrogens is 1. The fourth-order valence-corrected chi connectivity index (χ4v) is 2.01. The lowest BCUT2D eigenvalue weighted by molar-refractivity contribution is 0.938. The van der Waals surface area contributed by atoms with Crippen LogP contribution in [0, 0.1) is 0 Å². The van der Waals surface area contributed by atoms with Crippen LogP contribution in [0.5, 0.6) is 0 Å². The van der Waals surface area contributed by atoms with Gasteiger partial charge in [0.15, 0.2) is 0 Å². The predicted molar refractivity (Wildman–Crippen MR) is 61.7 cm³/mol. The van der Waals surface area contributed by atoms with Gasteiger partial charge in [-0.15, -0.1) is 0 Å². The third kappa shape index (κ3) is 1.51. The Morgan fingerprint density at radius 3 is 2.88 bits per heavy atom. The SMILES string of the molecule is NCc1c(-c2ccccn2)n[nH]c1C1CC1. The molecule has 1 aliphatic rings. The molecule has 4 heteroatoms. The van der Waals surface area contributed by atoms with Crippen LogP contribution in [-0.2, 0) is 6.54 Å². The molecule has 3 rings (SSSR count). The standard InChI is InChI=1S/C12H14N4/c13-7-9-11(8-4-5-8)15-16-12(9)10-3-1-2-6-14-10/h1-3,6,8H,4-5,7,13H2,(H,15,16). The highest BCUT2D eigenvalue weighted by Gasteiger charge is 2.29. The second-order valence-corrected chi connectivity index (χ2v) is 4.16. The molecule has 2 aromatic heterocycles. The average Bonchev–Trinajstić information content (AvgIpc) is 3.09.